The molecule has 0 atom stereocenters. The van der Waals surface area contributed by atoms with Crippen LogP contribution in [0.5, 0.6) is 5.75 Å². The fourth-order valence-electron chi connectivity index (χ4n) is 3.10. The van der Waals surface area contributed by atoms with Gasteiger partial charge in [-0.2, -0.15) is 4.99 Å². The molecule has 0 amide bonds. The summed E-state index contributed by atoms with van der Waals surface area (Å²) in [5.41, 5.74) is 1.57. The number of benzene rings is 1. The number of rotatable bonds is 2. The third kappa shape index (κ3) is 2.12. The van der Waals surface area contributed by atoms with Crippen molar-refractivity contribution < 1.29 is 14.3 Å². The van der Waals surface area contributed by atoms with Crippen LogP contribution in [0.2, 0.25) is 0 Å². The van der Waals surface area contributed by atoms with Gasteiger partial charge in [-0.25, -0.2) is 4.79 Å². The lowest BCUT2D eigenvalue weighted by Crippen LogP contribution is -2.24. The molecule has 1 aromatic rings. The summed E-state index contributed by atoms with van der Waals surface area (Å²) in [4.78, 5) is 15.0. The molecule has 1 aliphatic heterocycles. The van der Waals surface area contributed by atoms with Crippen molar-refractivity contribution in [2.45, 2.75) is 37.8 Å². The van der Waals surface area contributed by atoms with E-state index in [0.29, 0.717) is 6.61 Å². The number of carbonyl (C=O) groups excluding carboxylic acids is 1. The fourth-order valence-corrected chi connectivity index (χ4v) is 3.84. The van der Waals surface area contributed by atoms with Gasteiger partial charge >= 0.3 is 0 Å². The average molecular weight is 324 g/mol. The highest BCUT2D eigenvalue weighted by Crippen LogP contribution is 2.48. The summed E-state index contributed by atoms with van der Waals surface area (Å²) in [5, 5.41) is 0. The lowest BCUT2D eigenvalue weighted by atomic mass is 9.85. The van der Waals surface area contributed by atoms with Gasteiger partial charge in [0.25, 0.3) is 0 Å². The van der Waals surface area contributed by atoms with E-state index in [2.05, 4.69) is 20.9 Å². The summed E-state index contributed by atoms with van der Waals surface area (Å²) in [5.74, 6) is 0.830. The third-order valence-corrected chi connectivity index (χ3v) is 4.58. The molecule has 5 heteroatoms. The lowest BCUT2D eigenvalue weighted by Gasteiger charge is -2.30. The SMILES string of the molecule is O=C=NC1(c2c(Br)ccc3c2COCO3)CCCC1. The maximum Gasteiger partial charge on any atom is 0.235 e. The number of hydrogen-bond donors (Lipinski definition) is 0. The van der Waals surface area contributed by atoms with E-state index in [0.717, 1.165) is 47.0 Å². The van der Waals surface area contributed by atoms with E-state index in [9.17, 15) is 4.79 Å². The molecular formula is C14H14BrNO3. The number of hydrogen-bond acceptors (Lipinski definition) is 4. The topological polar surface area (TPSA) is 47.9 Å². The number of fused-ring (bicyclic) bond motifs is 1. The van der Waals surface area contributed by atoms with E-state index in [1.54, 1.807) is 6.08 Å². The Morgan fingerprint density at radius 3 is 2.84 bits per heavy atom. The van der Waals surface area contributed by atoms with Crippen LogP contribution in [0.4, 0.5) is 0 Å². The van der Waals surface area contributed by atoms with Gasteiger partial charge in [0, 0.05) is 15.6 Å². The van der Waals surface area contributed by atoms with Crippen LogP contribution in [0.25, 0.3) is 0 Å². The van der Waals surface area contributed by atoms with Crippen LogP contribution in [0.3, 0.4) is 0 Å². The molecule has 0 aromatic heterocycles. The van der Waals surface area contributed by atoms with Crippen molar-refractivity contribution in [2.75, 3.05) is 6.79 Å². The van der Waals surface area contributed by atoms with Gasteiger partial charge in [-0.3, -0.25) is 0 Å². The standard InChI is InChI=1S/C14H14BrNO3/c15-11-3-4-12-10(7-18-9-19-12)13(11)14(16-8-17)5-1-2-6-14/h3-4H,1-2,5-7,9H2. The van der Waals surface area contributed by atoms with Crippen molar-refractivity contribution in [3.8, 4) is 5.75 Å². The van der Waals surface area contributed by atoms with E-state index < -0.39 is 5.54 Å². The molecule has 1 aromatic carbocycles. The van der Waals surface area contributed by atoms with Gasteiger partial charge < -0.3 is 9.47 Å². The number of halogens is 1. The van der Waals surface area contributed by atoms with Crippen LogP contribution >= 0.6 is 15.9 Å². The largest absolute Gasteiger partial charge is 0.467 e. The molecule has 0 spiro atoms. The van der Waals surface area contributed by atoms with Gasteiger partial charge in [-0.1, -0.05) is 28.8 Å². The molecule has 0 unspecified atom stereocenters. The highest BCUT2D eigenvalue weighted by atomic mass is 79.9. The number of aliphatic imine (C=N–C) groups is 1. The molecule has 1 aliphatic carbocycles. The molecule has 1 fully saturated rings. The van der Waals surface area contributed by atoms with E-state index >= 15 is 0 Å². The van der Waals surface area contributed by atoms with E-state index in [4.69, 9.17) is 9.47 Å². The molecule has 19 heavy (non-hydrogen) atoms. The predicted molar refractivity (Wildman–Crippen MR) is 72.7 cm³/mol. The second-order valence-electron chi connectivity index (χ2n) is 4.95. The molecule has 0 N–H and O–H groups in total. The summed E-state index contributed by atoms with van der Waals surface area (Å²) in [6.07, 6.45) is 5.64. The van der Waals surface area contributed by atoms with Crippen molar-refractivity contribution in [1.82, 2.24) is 0 Å². The Kier molecular flexibility index (Phi) is 3.44. The Labute approximate surface area is 119 Å². The molecule has 0 saturated heterocycles. The molecule has 100 valence electrons. The summed E-state index contributed by atoms with van der Waals surface area (Å²) in [6.45, 7) is 0.776. The van der Waals surface area contributed by atoms with Gasteiger partial charge in [-0.15, -0.1) is 0 Å². The maximum absolute atomic E-state index is 10.8. The fraction of sp³-hybridized carbons (Fsp3) is 0.500. The van der Waals surface area contributed by atoms with Crippen molar-refractivity contribution in [3.05, 3.63) is 27.7 Å². The Morgan fingerprint density at radius 2 is 2.11 bits per heavy atom. The average Bonchev–Trinajstić information content (AvgIpc) is 2.88. The summed E-state index contributed by atoms with van der Waals surface area (Å²) in [7, 11) is 0. The highest BCUT2D eigenvalue weighted by Gasteiger charge is 2.40. The van der Waals surface area contributed by atoms with Crippen LogP contribution in [-0.4, -0.2) is 12.9 Å². The molecule has 3 rings (SSSR count). The second kappa shape index (κ2) is 5.08. The minimum Gasteiger partial charge on any atom is -0.467 e. The lowest BCUT2D eigenvalue weighted by molar-refractivity contribution is -0.0174. The zero-order chi connectivity index (χ0) is 13.3. The molecule has 0 radical (unpaired) electrons. The van der Waals surface area contributed by atoms with Crippen LogP contribution in [0, 0.1) is 0 Å². The molecule has 4 nitrogen and oxygen atoms in total. The highest BCUT2D eigenvalue weighted by molar-refractivity contribution is 9.10. The Morgan fingerprint density at radius 1 is 1.32 bits per heavy atom. The van der Waals surface area contributed by atoms with Crippen LogP contribution in [0.1, 0.15) is 36.8 Å². The van der Waals surface area contributed by atoms with E-state index in [-0.39, 0.29) is 6.79 Å². The van der Waals surface area contributed by atoms with E-state index in [1.165, 1.54) is 0 Å². The van der Waals surface area contributed by atoms with Gasteiger partial charge in [0.2, 0.25) is 6.08 Å². The molecule has 1 heterocycles. The van der Waals surface area contributed by atoms with Crippen molar-refractivity contribution >= 4 is 22.0 Å². The summed E-state index contributed by atoms with van der Waals surface area (Å²) in [6, 6.07) is 3.89. The number of nitrogens with zero attached hydrogens (tertiary/aromatic N) is 1. The van der Waals surface area contributed by atoms with Crippen LogP contribution in [-0.2, 0) is 21.7 Å². The Hall–Kier alpha value is -1.16. The Balaban J connectivity index is 2.20. The number of isocyanates is 1. The minimum absolute atomic E-state index is 0.276. The first-order valence-electron chi connectivity index (χ1n) is 6.38. The first kappa shape index (κ1) is 12.9. The monoisotopic (exact) mass is 323 g/mol. The second-order valence-corrected chi connectivity index (χ2v) is 5.81. The van der Waals surface area contributed by atoms with E-state index in [1.807, 2.05) is 12.1 Å². The number of ether oxygens (including phenoxy) is 2. The molecule has 0 bridgehead atoms. The zero-order valence-corrected chi connectivity index (χ0v) is 12.0. The molecule has 2 aliphatic rings. The quantitative estimate of drug-likeness (QED) is 0.619. The van der Waals surface area contributed by atoms with Gasteiger partial charge in [0.05, 0.1) is 12.1 Å². The molecular weight excluding hydrogens is 310 g/mol. The van der Waals surface area contributed by atoms with Gasteiger partial charge in [-0.05, 0) is 25.0 Å². The van der Waals surface area contributed by atoms with Gasteiger partial charge in [0.15, 0.2) is 6.79 Å². The zero-order valence-electron chi connectivity index (χ0n) is 10.4. The maximum atomic E-state index is 10.8. The first-order valence-corrected chi connectivity index (χ1v) is 7.17. The summed E-state index contributed by atoms with van der Waals surface area (Å²) < 4.78 is 11.9. The van der Waals surface area contributed by atoms with Crippen molar-refractivity contribution in [3.63, 3.8) is 0 Å². The van der Waals surface area contributed by atoms with Crippen LogP contribution < -0.4 is 4.74 Å². The Bertz CT molecular complexity index is 546. The van der Waals surface area contributed by atoms with Crippen molar-refractivity contribution in [1.29, 1.82) is 0 Å². The normalized spacial score (nSPS) is 20.3. The van der Waals surface area contributed by atoms with Gasteiger partial charge in [0.1, 0.15) is 5.75 Å². The minimum atomic E-state index is -0.462. The van der Waals surface area contributed by atoms with Crippen LogP contribution in [0.15, 0.2) is 21.6 Å². The summed E-state index contributed by atoms with van der Waals surface area (Å²) >= 11 is 3.59. The van der Waals surface area contributed by atoms with Crippen molar-refractivity contribution in [2.24, 2.45) is 4.99 Å². The molecule has 1 saturated carbocycles. The predicted octanol–water partition coefficient (Wildman–Crippen LogP) is 3.42. The smallest absolute Gasteiger partial charge is 0.235 e. The first-order chi connectivity index (χ1) is 9.27. The third-order valence-electron chi connectivity index (χ3n) is 3.92.